The van der Waals surface area contributed by atoms with Gasteiger partial charge in [0.1, 0.15) is 11.6 Å². The molecule has 0 fully saturated rings. The number of nitrogens with two attached hydrogens (primary N) is 1. The first kappa shape index (κ1) is 22.6. The minimum atomic E-state index is -0.655. The minimum absolute atomic E-state index is 0.0176. The predicted molar refractivity (Wildman–Crippen MR) is 117 cm³/mol. The SMILES string of the molecule is CCCCn1c(N)c(N(CC)C(=O)C(C)Sc2ccc(OC)cc2)c(=O)[nH]c1=O. The Balaban J connectivity index is 2.32. The van der Waals surface area contributed by atoms with E-state index in [4.69, 9.17) is 10.5 Å². The Morgan fingerprint density at radius 1 is 1.28 bits per heavy atom. The monoisotopic (exact) mass is 420 g/mol. The average Bonchev–Trinajstić information content (AvgIpc) is 2.70. The van der Waals surface area contributed by atoms with E-state index in [0.29, 0.717) is 6.54 Å². The summed E-state index contributed by atoms with van der Waals surface area (Å²) in [6, 6.07) is 7.39. The number of thioether (sulfide) groups is 1. The number of rotatable bonds is 9. The van der Waals surface area contributed by atoms with Gasteiger partial charge in [0, 0.05) is 18.0 Å². The molecule has 1 amide bonds. The highest BCUT2D eigenvalue weighted by atomic mass is 32.2. The Hall–Kier alpha value is -2.68. The van der Waals surface area contributed by atoms with E-state index in [1.165, 1.54) is 21.2 Å². The number of nitrogens with zero attached hydrogens (tertiary/aromatic N) is 2. The number of hydrogen-bond donors (Lipinski definition) is 2. The first-order valence-electron chi connectivity index (χ1n) is 9.58. The first-order valence-corrected chi connectivity index (χ1v) is 10.5. The zero-order valence-corrected chi connectivity index (χ0v) is 18.0. The normalized spacial score (nSPS) is 11.9. The molecule has 0 saturated heterocycles. The molecule has 0 spiro atoms. The van der Waals surface area contributed by atoms with Gasteiger partial charge in [-0.05, 0) is 44.5 Å². The van der Waals surface area contributed by atoms with Crippen molar-refractivity contribution in [3.05, 3.63) is 45.1 Å². The fourth-order valence-electron chi connectivity index (χ4n) is 2.93. The molecule has 0 aliphatic rings. The maximum Gasteiger partial charge on any atom is 0.330 e. The highest BCUT2D eigenvalue weighted by molar-refractivity contribution is 8.00. The molecule has 1 unspecified atom stereocenters. The van der Waals surface area contributed by atoms with E-state index in [2.05, 4.69) is 4.98 Å². The molecule has 1 aromatic heterocycles. The molecule has 0 bridgehead atoms. The maximum absolute atomic E-state index is 13.1. The Labute approximate surface area is 174 Å². The molecule has 158 valence electrons. The lowest BCUT2D eigenvalue weighted by Gasteiger charge is -2.25. The van der Waals surface area contributed by atoms with Crippen LogP contribution in [0.3, 0.4) is 0 Å². The summed E-state index contributed by atoms with van der Waals surface area (Å²) in [7, 11) is 1.59. The van der Waals surface area contributed by atoms with Crippen LogP contribution in [-0.2, 0) is 11.3 Å². The summed E-state index contributed by atoms with van der Waals surface area (Å²) >= 11 is 1.37. The second-order valence-corrected chi connectivity index (χ2v) is 7.93. The number of unbranched alkanes of at least 4 members (excludes halogenated alkanes) is 1. The standard InChI is InChI=1S/C20H28N4O4S/c1-5-7-12-24-17(21)16(18(25)22-20(24)27)23(6-2)19(26)13(3)29-15-10-8-14(28-4)9-11-15/h8-11,13H,5-7,12,21H2,1-4H3,(H,22,25,27). The van der Waals surface area contributed by atoms with Crippen molar-refractivity contribution in [3.63, 3.8) is 0 Å². The van der Waals surface area contributed by atoms with Crippen LogP contribution in [-0.4, -0.2) is 34.4 Å². The van der Waals surface area contributed by atoms with Gasteiger partial charge in [-0.15, -0.1) is 11.8 Å². The molecule has 9 heteroatoms. The fourth-order valence-corrected chi connectivity index (χ4v) is 3.86. The van der Waals surface area contributed by atoms with E-state index >= 15 is 0 Å². The summed E-state index contributed by atoms with van der Waals surface area (Å²) in [5, 5.41) is -0.460. The second kappa shape index (κ2) is 10.2. The van der Waals surface area contributed by atoms with Crippen LogP contribution in [0.15, 0.2) is 38.8 Å². The maximum atomic E-state index is 13.1. The molecule has 8 nitrogen and oxygen atoms in total. The summed E-state index contributed by atoms with van der Waals surface area (Å²) in [6.45, 7) is 6.17. The number of nitrogens with one attached hydrogen (secondary N) is 1. The van der Waals surface area contributed by atoms with Gasteiger partial charge < -0.3 is 15.4 Å². The molecule has 29 heavy (non-hydrogen) atoms. The Bertz CT molecular complexity index is 952. The summed E-state index contributed by atoms with van der Waals surface area (Å²) in [5.74, 6) is 0.493. The number of aromatic nitrogens is 2. The number of aromatic amines is 1. The van der Waals surface area contributed by atoms with E-state index in [9.17, 15) is 14.4 Å². The molecule has 1 atom stereocenters. The predicted octanol–water partition coefficient (Wildman–Crippen LogP) is 2.46. The number of amides is 1. The van der Waals surface area contributed by atoms with Gasteiger partial charge in [0.15, 0.2) is 5.69 Å². The number of H-pyrrole nitrogens is 1. The van der Waals surface area contributed by atoms with Gasteiger partial charge in [0.25, 0.3) is 5.56 Å². The fraction of sp³-hybridized carbons (Fsp3) is 0.450. The summed E-state index contributed by atoms with van der Waals surface area (Å²) < 4.78 is 6.46. The van der Waals surface area contributed by atoms with Crippen molar-refractivity contribution in [3.8, 4) is 5.75 Å². The lowest BCUT2D eigenvalue weighted by atomic mass is 10.3. The molecule has 0 saturated carbocycles. The van der Waals surface area contributed by atoms with Crippen LogP contribution in [0.25, 0.3) is 0 Å². The van der Waals surface area contributed by atoms with Crippen LogP contribution in [0.5, 0.6) is 5.75 Å². The van der Waals surface area contributed by atoms with Crippen molar-refractivity contribution in [2.45, 2.75) is 50.3 Å². The van der Waals surface area contributed by atoms with Gasteiger partial charge >= 0.3 is 5.69 Å². The third kappa shape index (κ3) is 5.23. The molecule has 2 rings (SSSR count). The van der Waals surface area contributed by atoms with Crippen LogP contribution in [0.4, 0.5) is 11.5 Å². The molecule has 1 aromatic carbocycles. The first-order chi connectivity index (χ1) is 13.8. The quantitative estimate of drug-likeness (QED) is 0.603. The lowest BCUT2D eigenvalue weighted by molar-refractivity contribution is -0.117. The number of benzene rings is 1. The van der Waals surface area contributed by atoms with E-state index in [-0.39, 0.29) is 24.0 Å². The zero-order chi connectivity index (χ0) is 21.6. The van der Waals surface area contributed by atoms with E-state index < -0.39 is 16.5 Å². The third-order valence-corrected chi connectivity index (χ3v) is 5.62. The molecule has 3 N–H and O–H groups in total. The topological polar surface area (TPSA) is 110 Å². The van der Waals surface area contributed by atoms with E-state index in [1.54, 1.807) is 21.0 Å². The molecule has 0 radical (unpaired) electrons. The molecule has 0 aliphatic carbocycles. The summed E-state index contributed by atoms with van der Waals surface area (Å²) in [4.78, 5) is 42.2. The van der Waals surface area contributed by atoms with Crippen molar-refractivity contribution in [2.24, 2.45) is 0 Å². The third-order valence-electron chi connectivity index (χ3n) is 4.52. The number of methoxy groups -OCH3 is 1. The van der Waals surface area contributed by atoms with Crippen LogP contribution in [0.1, 0.15) is 33.6 Å². The smallest absolute Gasteiger partial charge is 0.330 e. The Morgan fingerprint density at radius 2 is 1.93 bits per heavy atom. The second-order valence-electron chi connectivity index (χ2n) is 6.52. The van der Waals surface area contributed by atoms with Crippen molar-refractivity contribution < 1.29 is 9.53 Å². The van der Waals surface area contributed by atoms with Crippen molar-refractivity contribution >= 4 is 29.2 Å². The van der Waals surface area contributed by atoms with Crippen molar-refractivity contribution in [1.29, 1.82) is 0 Å². The number of hydrogen-bond acceptors (Lipinski definition) is 6. The highest BCUT2D eigenvalue weighted by Gasteiger charge is 2.27. The number of carbonyl (C=O) groups is 1. The number of ether oxygens (including phenoxy) is 1. The summed E-state index contributed by atoms with van der Waals surface area (Å²) in [5.41, 5.74) is 4.96. The van der Waals surface area contributed by atoms with Gasteiger partial charge in [-0.3, -0.25) is 19.1 Å². The number of carbonyl (C=O) groups excluding carboxylic acids is 1. The van der Waals surface area contributed by atoms with Crippen LogP contribution in [0, 0.1) is 0 Å². The lowest BCUT2D eigenvalue weighted by Crippen LogP contribution is -2.43. The molecule has 0 aliphatic heterocycles. The van der Waals surface area contributed by atoms with Crippen LogP contribution < -0.4 is 26.6 Å². The Kier molecular flexibility index (Phi) is 7.95. The molecular formula is C20H28N4O4S. The van der Waals surface area contributed by atoms with Crippen LogP contribution >= 0.6 is 11.8 Å². The Morgan fingerprint density at radius 3 is 2.48 bits per heavy atom. The number of anilines is 2. The zero-order valence-electron chi connectivity index (χ0n) is 17.2. The molecule has 2 aromatic rings. The summed E-state index contributed by atoms with van der Waals surface area (Å²) in [6.07, 6.45) is 1.60. The van der Waals surface area contributed by atoms with Gasteiger partial charge in [-0.25, -0.2) is 4.79 Å². The van der Waals surface area contributed by atoms with Gasteiger partial charge in [-0.1, -0.05) is 13.3 Å². The molecule has 1 heterocycles. The van der Waals surface area contributed by atoms with Crippen molar-refractivity contribution in [1.82, 2.24) is 9.55 Å². The largest absolute Gasteiger partial charge is 0.497 e. The van der Waals surface area contributed by atoms with Gasteiger partial charge in [0.2, 0.25) is 5.91 Å². The number of nitrogen functional groups attached to an aromatic ring is 1. The van der Waals surface area contributed by atoms with Gasteiger partial charge in [0.05, 0.1) is 12.4 Å². The van der Waals surface area contributed by atoms with Gasteiger partial charge in [-0.2, -0.15) is 0 Å². The van der Waals surface area contributed by atoms with Crippen molar-refractivity contribution in [2.75, 3.05) is 24.3 Å². The molecular weight excluding hydrogens is 392 g/mol. The van der Waals surface area contributed by atoms with E-state index in [1.807, 2.05) is 31.2 Å². The van der Waals surface area contributed by atoms with E-state index in [0.717, 1.165) is 23.5 Å². The minimum Gasteiger partial charge on any atom is -0.497 e. The average molecular weight is 421 g/mol. The van der Waals surface area contributed by atoms with Crippen LogP contribution in [0.2, 0.25) is 0 Å². The highest BCUT2D eigenvalue weighted by Crippen LogP contribution is 2.28.